The molecule has 0 fully saturated rings. The van der Waals surface area contributed by atoms with Gasteiger partial charge in [0.05, 0.1) is 0 Å². The van der Waals surface area contributed by atoms with Gasteiger partial charge in [-0.05, 0) is 0 Å². The Morgan fingerprint density at radius 1 is 0.571 bits per heavy atom. The van der Waals surface area contributed by atoms with Crippen LogP contribution in [0.15, 0.2) is 97.1 Å². The minimum absolute atomic E-state index is 1.36. The van der Waals surface area contributed by atoms with Crippen LogP contribution in [0, 0.1) is 27.7 Å². The molecule has 0 unspecified atom stereocenters. The molecule has 140 valence electrons. The number of hydrogen-bond donors (Lipinski definition) is 0. The van der Waals surface area contributed by atoms with E-state index in [-0.39, 0.29) is 0 Å². The van der Waals surface area contributed by atoms with Crippen molar-refractivity contribution in [3.05, 3.63) is 130 Å². The van der Waals surface area contributed by atoms with E-state index < -0.39 is 0 Å². The standard InChI is InChI=1S/C15H14.C7H9.C5H5.Zr/c1-12-7-3-5-9-14(12)11-15-10-6-4-8-13(15)2;1-6-4-3-5-7(6)2;1-2-4-5-3-1;/h3-10H,1-2H3;3-5H,1-2H3;1-5H;/q;2*-1;+2. The molecule has 0 spiro atoms. The Morgan fingerprint density at radius 3 is 1.29 bits per heavy atom. The van der Waals surface area contributed by atoms with Crippen LogP contribution in [0.1, 0.15) is 33.4 Å². The monoisotopic (exact) mass is 442 g/mol. The topological polar surface area (TPSA) is 0 Å². The molecule has 4 rings (SSSR count). The summed E-state index contributed by atoms with van der Waals surface area (Å²) < 4.78 is 1.45. The molecule has 4 aromatic carbocycles. The third-order valence-corrected chi connectivity index (χ3v) is 6.02. The summed E-state index contributed by atoms with van der Waals surface area (Å²) in [5, 5.41) is 0. The predicted molar refractivity (Wildman–Crippen MR) is 119 cm³/mol. The van der Waals surface area contributed by atoms with Gasteiger partial charge in [-0.25, -0.2) is 12.1 Å². The van der Waals surface area contributed by atoms with Crippen LogP contribution in [0.3, 0.4) is 0 Å². The predicted octanol–water partition coefficient (Wildman–Crippen LogP) is 6.85. The Balaban J connectivity index is 0.000000190. The van der Waals surface area contributed by atoms with Crippen molar-refractivity contribution in [3.8, 4) is 0 Å². The molecule has 4 aromatic rings. The van der Waals surface area contributed by atoms with E-state index in [0.29, 0.717) is 0 Å². The van der Waals surface area contributed by atoms with E-state index in [1.165, 1.54) is 60.8 Å². The van der Waals surface area contributed by atoms with Crippen molar-refractivity contribution in [1.82, 2.24) is 0 Å². The van der Waals surface area contributed by atoms with Gasteiger partial charge in [-0.15, -0.1) is 0 Å². The second-order valence-electron chi connectivity index (χ2n) is 6.86. The summed E-state index contributed by atoms with van der Waals surface area (Å²) in [5.41, 5.74) is 8.26. The quantitative estimate of drug-likeness (QED) is 0.297. The van der Waals surface area contributed by atoms with Crippen molar-refractivity contribution in [1.29, 1.82) is 0 Å². The van der Waals surface area contributed by atoms with E-state index >= 15 is 0 Å². The van der Waals surface area contributed by atoms with Crippen molar-refractivity contribution in [2.45, 2.75) is 27.7 Å². The van der Waals surface area contributed by atoms with Crippen LogP contribution >= 0.6 is 0 Å². The van der Waals surface area contributed by atoms with E-state index in [2.05, 4.69) is 94.4 Å². The molecule has 0 aliphatic heterocycles. The Labute approximate surface area is 184 Å². The van der Waals surface area contributed by atoms with Crippen molar-refractivity contribution in [3.63, 3.8) is 0 Å². The SMILES string of the molecule is Cc1c[cH-]cc1C.Cc1ccccc1[C](=[Zr+2])c1ccccc1C.c1cc[cH-]c1. The van der Waals surface area contributed by atoms with E-state index in [0.717, 1.165) is 0 Å². The van der Waals surface area contributed by atoms with Gasteiger partial charge in [0.25, 0.3) is 0 Å². The Bertz CT molecular complexity index is 890. The van der Waals surface area contributed by atoms with Gasteiger partial charge in [-0.3, -0.25) is 0 Å². The molecule has 0 N–H and O–H groups in total. The molecule has 0 saturated heterocycles. The first-order valence-corrected chi connectivity index (χ1v) is 10.8. The molecule has 0 aromatic heterocycles. The average molecular weight is 444 g/mol. The third-order valence-electron chi connectivity index (χ3n) is 4.70. The van der Waals surface area contributed by atoms with Crippen LogP contribution in [0.5, 0.6) is 0 Å². The Hall–Kier alpha value is -2.11. The molecule has 28 heavy (non-hydrogen) atoms. The van der Waals surface area contributed by atoms with Gasteiger partial charge in [0.1, 0.15) is 0 Å². The fourth-order valence-corrected chi connectivity index (χ4v) is 4.15. The average Bonchev–Trinajstić information content (AvgIpc) is 3.39. The van der Waals surface area contributed by atoms with Gasteiger partial charge in [0, 0.05) is 0 Å². The third kappa shape index (κ3) is 6.81. The van der Waals surface area contributed by atoms with Gasteiger partial charge in [0.2, 0.25) is 0 Å². The van der Waals surface area contributed by atoms with E-state index in [9.17, 15) is 0 Å². The molecule has 0 radical (unpaired) electrons. The van der Waals surface area contributed by atoms with Crippen molar-refractivity contribution >= 4 is 3.21 Å². The van der Waals surface area contributed by atoms with Gasteiger partial charge in [0.15, 0.2) is 0 Å². The molecule has 0 saturated carbocycles. The van der Waals surface area contributed by atoms with Crippen LogP contribution < -0.4 is 0 Å². The molecule has 0 atom stereocenters. The van der Waals surface area contributed by atoms with E-state index in [4.69, 9.17) is 0 Å². The van der Waals surface area contributed by atoms with Crippen LogP contribution in [-0.4, -0.2) is 3.21 Å². The first-order chi connectivity index (χ1) is 13.5. The second kappa shape index (κ2) is 11.7. The fourth-order valence-electron chi connectivity index (χ4n) is 2.77. The maximum atomic E-state index is 2.21. The molecule has 0 amide bonds. The zero-order valence-corrected chi connectivity index (χ0v) is 19.7. The molecular formula is C27H28Zr. The first kappa shape index (κ1) is 22.2. The minimum atomic E-state index is 1.36. The summed E-state index contributed by atoms with van der Waals surface area (Å²) in [5.74, 6) is 0. The van der Waals surface area contributed by atoms with Gasteiger partial charge in [-0.2, -0.15) is 47.5 Å². The molecule has 1 heteroatoms. The van der Waals surface area contributed by atoms with E-state index in [1.54, 1.807) is 0 Å². The normalized spacial score (nSPS) is 9.64. The zero-order chi connectivity index (χ0) is 20.4. The summed E-state index contributed by atoms with van der Waals surface area (Å²) in [7, 11) is 0. The van der Waals surface area contributed by atoms with Crippen LogP contribution in [0.2, 0.25) is 0 Å². The van der Waals surface area contributed by atoms with Crippen LogP contribution in [0.25, 0.3) is 0 Å². The second-order valence-corrected chi connectivity index (χ2v) is 8.09. The Kier molecular flexibility index (Phi) is 9.25. The molecule has 0 nitrogen and oxygen atoms in total. The summed E-state index contributed by atoms with van der Waals surface area (Å²) in [6.45, 7) is 8.60. The summed E-state index contributed by atoms with van der Waals surface area (Å²) in [4.78, 5) is 0. The Morgan fingerprint density at radius 2 is 1.00 bits per heavy atom. The van der Waals surface area contributed by atoms with Crippen LogP contribution in [-0.2, 0) is 24.2 Å². The maximum absolute atomic E-state index is 2.21. The van der Waals surface area contributed by atoms with E-state index in [1.807, 2.05) is 30.3 Å². The maximum Gasteiger partial charge on any atom is -0.172 e. The number of hydrogen-bond acceptors (Lipinski definition) is 0. The van der Waals surface area contributed by atoms with Gasteiger partial charge >= 0.3 is 112 Å². The summed E-state index contributed by atoms with van der Waals surface area (Å²) >= 11 is 1.47. The number of rotatable bonds is 2. The molecule has 0 heterocycles. The van der Waals surface area contributed by atoms with Crippen molar-refractivity contribution in [2.75, 3.05) is 0 Å². The molecule has 0 bridgehead atoms. The largest absolute Gasteiger partial charge is 0.214 e. The van der Waals surface area contributed by atoms with Crippen molar-refractivity contribution in [2.24, 2.45) is 0 Å². The minimum Gasteiger partial charge on any atom is -0.214 e. The van der Waals surface area contributed by atoms with Gasteiger partial charge < -0.3 is 0 Å². The number of benzene rings is 2. The number of aryl methyl sites for hydroxylation is 4. The summed E-state index contributed by atoms with van der Waals surface area (Å²) in [6, 6.07) is 33.5. The van der Waals surface area contributed by atoms with Crippen molar-refractivity contribution < 1.29 is 24.2 Å². The van der Waals surface area contributed by atoms with Crippen LogP contribution in [0.4, 0.5) is 0 Å². The first-order valence-electron chi connectivity index (χ1n) is 9.57. The van der Waals surface area contributed by atoms with Gasteiger partial charge in [-0.1, -0.05) is 13.8 Å². The molecule has 0 aliphatic carbocycles. The fraction of sp³-hybridized carbons (Fsp3) is 0.148. The molecule has 0 aliphatic rings. The summed E-state index contributed by atoms with van der Waals surface area (Å²) in [6.07, 6.45) is 0. The smallest absolute Gasteiger partial charge is 0.172 e. The molecular weight excluding hydrogens is 416 g/mol. The zero-order valence-electron chi connectivity index (χ0n) is 17.2.